The molecule has 0 saturated carbocycles. The first kappa shape index (κ1) is 12.1. The number of hydrogen-bond donors (Lipinski definition) is 2. The molecule has 4 nitrogen and oxygen atoms in total. The third-order valence-electron chi connectivity index (χ3n) is 1.67. The highest BCUT2D eigenvalue weighted by Crippen LogP contribution is 2.23. The van der Waals surface area contributed by atoms with Crippen molar-refractivity contribution in [3.05, 3.63) is 22.3 Å². The molecule has 2 N–H and O–H groups in total. The molecular formula is C9H10Cl2N2O2. The Morgan fingerprint density at radius 2 is 2.33 bits per heavy atom. The van der Waals surface area contributed by atoms with Gasteiger partial charge in [-0.05, 0) is 13.0 Å². The predicted molar refractivity (Wildman–Crippen MR) is 59.6 cm³/mol. The zero-order chi connectivity index (χ0) is 11.4. The number of nitrogens with zero attached hydrogens (tertiary/aromatic N) is 1. The van der Waals surface area contributed by atoms with Crippen molar-refractivity contribution in [1.82, 2.24) is 4.98 Å². The number of rotatable bonds is 4. The normalized spacial score (nSPS) is 12.2. The summed E-state index contributed by atoms with van der Waals surface area (Å²) < 4.78 is 0. The van der Waals surface area contributed by atoms with Gasteiger partial charge in [0.25, 0.3) is 0 Å². The van der Waals surface area contributed by atoms with Crippen molar-refractivity contribution in [3.8, 4) is 0 Å². The van der Waals surface area contributed by atoms with E-state index in [4.69, 9.17) is 28.3 Å². The topological polar surface area (TPSA) is 62.2 Å². The van der Waals surface area contributed by atoms with Gasteiger partial charge in [-0.3, -0.25) is 4.79 Å². The van der Waals surface area contributed by atoms with Gasteiger partial charge in [0.1, 0.15) is 5.82 Å². The van der Waals surface area contributed by atoms with E-state index < -0.39 is 5.97 Å². The van der Waals surface area contributed by atoms with Gasteiger partial charge in [0.05, 0.1) is 16.5 Å². The molecular weight excluding hydrogens is 239 g/mol. The molecule has 0 aliphatic heterocycles. The first-order valence-electron chi connectivity index (χ1n) is 4.28. The quantitative estimate of drug-likeness (QED) is 0.861. The molecule has 0 aliphatic rings. The van der Waals surface area contributed by atoms with Crippen LogP contribution in [0.15, 0.2) is 12.3 Å². The van der Waals surface area contributed by atoms with Gasteiger partial charge in [0, 0.05) is 12.2 Å². The Kier molecular flexibility index (Phi) is 4.17. The number of carbonyl (C=O) groups is 1. The smallest absolute Gasteiger partial charge is 0.305 e. The van der Waals surface area contributed by atoms with Crippen LogP contribution in [0.2, 0.25) is 10.0 Å². The van der Waals surface area contributed by atoms with Crippen LogP contribution in [0, 0.1) is 0 Å². The summed E-state index contributed by atoms with van der Waals surface area (Å²) in [5.41, 5.74) is 0. The third-order valence-corrected chi connectivity index (χ3v) is 2.17. The number of aliphatic carboxylic acids is 1. The lowest BCUT2D eigenvalue weighted by Gasteiger charge is -2.13. The maximum atomic E-state index is 10.4. The van der Waals surface area contributed by atoms with Crippen molar-refractivity contribution in [3.63, 3.8) is 0 Å². The Hall–Kier alpha value is -1.000. The van der Waals surface area contributed by atoms with Crippen LogP contribution in [0.1, 0.15) is 13.3 Å². The van der Waals surface area contributed by atoms with Crippen LogP contribution in [0.3, 0.4) is 0 Å². The van der Waals surface area contributed by atoms with E-state index >= 15 is 0 Å². The van der Waals surface area contributed by atoms with Crippen molar-refractivity contribution >= 4 is 35.0 Å². The molecule has 1 unspecified atom stereocenters. The molecule has 6 heteroatoms. The van der Waals surface area contributed by atoms with Gasteiger partial charge < -0.3 is 10.4 Å². The van der Waals surface area contributed by atoms with Crippen LogP contribution in [0.5, 0.6) is 0 Å². The number of pyridine rings is 1. The van der Waals surface area contributed by atoms with Crippen LogP contribution in [0.25, 0.3) is 0 Å². The van der Waals surface area contributed by atoms with Crippen molar-refractivity contribution in [2.24, 2.45) is 0 Å². The average Bonchev–Trinajstić information content (AvgIpc) is 2.08. The van der Waals surface area contributed by atoms with Crippen molar-refractivity contribution in [1.29, 1.82) is 0 Å². The molecule has 0 bridgehead atoms. The second-order valence-corrected chi connectivity index (χ2v) is 3.97. The van der Waals surface area contributed by atoms with Crippen molar-refractivity contribution in [2.45, 2.75) is 19.4 Å². The van der Waals surface area contributed by atoms with E-state index in [1.165, 1.54) is 6.20 Å². The van der Waals surface area contributed by atoms with E-state index in [1.54, 1.807) is 13.0 Å². The Labute approximate surface area is 97.2 Å². The van der Waals surface area contributed by atoms with Gasteiger partial charge in [-0.2, -0.15) is 0 Å². The lowest BCUT2D eigenvalue weighted by Crippen LogP contribution is -2.20. The number of carboxylic acids is 1. The zero-order valence-corrected chi connectivity index (χ0v) is 9.51. The molecule has 1 heterocycles. The van der Waals surface area contributed by atoms with Crippen LogP contribution in [-0.2, 0) is 4.79 Å². The fourth-order valence-corrected chi connectivity index (χ4v) is 1.50. The maximum absolute atomic E-state index is 10.4. The van der Waals surface area contributed by atoms with Crippen LogP contribution >= 0.6 is 23.2 Å². The van der Waals surface area contributed by atoms with Gasteiger partial charge in [0.15, 0.2) is 0 Å². The van der Waals surface area contributed by atoms with Gasteiger partial charge in [-0.25, -0.2) is 4.98 Å². The highest BCUT2D eigenvalue weighted by Gasteiger charge is 2.10. The Balaban J connectivity index is 2.68. The second-order valence-electron chi connectivity index (χ2n) is 3.13. The summed E-state index contributed by atoms with van der Waals surface area (Å²) in [7, 11) is 0. The van der Waals surface area contributed by atoms with Gasteiger partial charge in [-0.15, -0.1) is 0 Å². The van der Waals surface area contributed by atoms with Crippen molar-refractivity contribution in [2.75, 3.05) is 5.32 Å². The molecule has 0 saturated heterocycles. The number of nitrogens with one attached hydrogen (secondary N) is 1. The van der Waals surface area contributed by atoms with Crippen LogP contribution in [-0.4, -0.2) is 22.1 Å². The minimum absolute atomic E-state index is 0.000630. The van der Waals surface area contributed by atoms with Crippen LogP contribution < -0.4 is 5.32 Å². The largest absolute Gasteiger partial charge is 0.481 e. The van der Waals surface area contributed by atoms with E-state index in [2.05, 4.69) is 10.3 Å². The molecule has 0 spiro atoms. The zero-order valence-electron chi connectivity index (χ0n) is 8.00. The highest BCUT2D eigenvalue weighted by atomic mass is 35.5. The fourth-order valence-electron chi connectivity index (χ4n) is 1.07. The molecule has 0 radical (unpaired) electrons. The average molecular weight is 249 g/mol. The Bertz CT molecular complexity index is 371. The van der Waals surface area contributed by atoms with E-state index in [9.17, 15) is 4.79 Å². The molecule has 1 atom stereocenters. The lowest BCUT2D eigenvalue weighted by atomic mass is 10.2. The van der Waals surface area contributed by atoms with Crippen molar-refractivity contribution < 1.29 is 9.90 Å². The minimum Gasteiger partial charge on any atom is -0.481 e. The van der Waals surface area contributed by atoms with Gasteiger partial charge in [0.2, 0.25) is 0 Å². The minimum atomic E-state index is -0.875. The molecule has 15 heavy (non-hydrogen) atoms. The first-order chi connectivity index (χ1) is 6.99. The standard InChI is InChI=1S/C9H10Cl2N2O2/c1-5(2-8(14)15)13-9-7(11)3-6(10)4-12-9/h3-5H,2H2,1H3,(H,12,13)(H,14,15). The summed E-state index contributed by atoms with van der Waals surface area (Å²) in [4.78, 5) is 14.4. The molecule has 0 fully saturated rings. The monoisotopic (exact) mass is 248 g/mol. The fraction of sp³-hybridized carbons (Fsp3) is 0.333. The van der Waals surface area contributed by atoms with E-state index in [0.717, 1.165) is 0 Å². The molecule has 0 aliphatic carbocycles. The molecule has 1 aromatic rings. The van der Waals surface area contributed by atoms with Gasteiger partial charge in [-0.1, -0.05) is 23.2 Å². The molecule has 1 aromatic heterocycles. The predicted octanol–water partition coefficient (Wildman–Crippen LogP) is 2.66. The summed E-state index contributed by atoms with van der Waals surface area (Å²) in [6, 6.07) is 1.31. The number of carboxylic acid groups (broad SMARTS) is 1. The summed E-state index contributed by atoms with van der Waals surface area (Å²) in [5.74, 6) is -0.435. The summed E-state index contributed by atoms with van der Waals surface area (Å²) in [6.45, 7) is 1.74. The van der Waals surface area contributed by atoms with Gasteiger partial charge >= 0.3 is 5.97 Å². The Morgan fingerprint density at radius 3 is 2.87 bits per heavy atom. The molecule has 0 amide bonds. The van der Waals surface area contributed by atoms with E-state index in [0.29, 0.717) is 15.9 Å². The number of aromatic nitrogens is 1. The SMILES string of the molecule is CC(CC(=O)O)Nc1ncc(Cl)cc1Cl. The Morgan fingerprint density at radius 1 is 1.67 bits per heavy atom. The van der Waals surface area contributed by atoms with Crippen LogP contribution in [0.4, 0.5) is 5.82 Å². The maximum Gasteiger partial charge on any atom is 0.305 e. The molecule has 0 aromatic carbocycles. The molecule has 1 rings (SSSR count). The molecule has 82 valence electrons. The third kappa shape index (κ3) is 3.93. The summed E-state index contributed by atoms with van der Waals surface area (Å²) >= 11 is 11.5. The first-order valence-corrected chi connectivity index (χ1v) is 5.04. The summed E-state index contributed by atoms with van der Waals surface area (Å²) in [6.07, 6.45) is 1.45. The lowest BCUT2D eigenvalue weighted by molar-refractivity contribution is -0.137. The summed E-state index contributed by atoms with van der Waals surface area (Å²) in [5, 5.41) is 12.3. The van der Waals surface area contributed by atoms with E-state index in [-0.39, 0.29) is 12.5 Å². The number of anilines is 1. The number of hydrogen-bond acceptors (Lipinski definition) is 3. The number of halogens is 2. The van der Waals surface area contributed by atoms with E-state index in [1.807, 2.05) is 0 Å². The second kappa shape index (κ2) is 5.19. The highest BCUT2D eigenvalue weighted by molar-refractivity contribution is 6.35.